The van der Waals surface area contributed by atoms with E-state index in [0.29, 0.717) is 6.61 Å². The topological polar surface area (TPSA) is 41.5 Å². The Morgan fingerprint density at radius 2 is 2.00 bits per heavy atom. The number of nitrogens with one attached hydrogen (secondary N) is 1. The van der Waals surface area contributed by atoms with Crippen molar-refractivity contribution in [2.24, 2.45) is 0 Å². The van der Waals surface area contributed by atoms with Crippen molar-refractivity contribution in [2.75, 3.05) is 11.9 Å². The highest BCUT2D eigenvalue weighted by molar-refractivity contribution is 5.44. The normalized spacial score (nSPS) is 34.6. The molecule has 4 heteroatoms. The largest absolute Gasteiger partial charge is 0.385 e. The lowest BCUT2D eigenvalue weighted by molar-refractivity contribution is -0.169. The summed E-state index contributed by atoms with van der Waals surface area (Å²) in [5.41, 5.74) is 0.0660. The van der Waals surface area contributed by atoms with Crippen LogP contribution in [-0.4, -0.2) is 29.5 Å². The highest BCUT2D eigenvalue weighted by Gasteiger charge is 2.48. The van der Waals surface area contributed by atoms with Gasteiger partial charge in [-0.3, -0.25) is 0 Å². The lowest BCUT2D eigenvalue weighted by Gasteiger charge is -2.48. The second-order valence-corrected chi connectivity index (χ2v) is 5.59. The first-order chi connectivity index (χ1) is 9.18. The highest BCUT2D eigenvalue weighted by atomic mass is 19.1. The number of fused-ring (bicyclic) bond motifs is 1. The second kappa shape index (κ2) is 5.10. The average Bonchev–Trinajstić information content (AvgIpc) is 2.42. The number of anilines is 1. The minimum atomic E-state index is -0.787. The molecular formula is C15H20FNO2. The Morgan fingerprint density at radius 3 is 2.79 bits per heavy atom. The van der Waals surface area contributed by atoms with E-state index in [1.807, 2.05) is 0 Å². The van der Waals surface area contributed by atoms with Gasteiger partial charge in [0, 0.05) is 12.3 Å². The standard InChI is InChI=1S/C15H20FNO2/c16-11-4-6-12(7-5-11)17-13-8-10-19-14-3-1-2-9-15(13,14)18/h4-7,13-14,17-18H,1-3,8-10H2/t13?,14?,15-/m0/s1. The molecule has 2 N–H and O–H groups in total. The van der Waals surface area contributed by atoms with Crippen LogP contribution in [-0.2, 0) is 4.74 Å². The van der Waals surface area contributed by atoms with Crippen molar-refractivity contribution in [1.29, 1.82) is 0 Å². The van der Waals surface area contributed by atoms with Gasteiger partial charge in [-0.05, 0) is 43.5 Å². The van der Waals surface area contributed by atoms with E-state index in [-0.39, 0.29) is 18.0 Å². The van der Waals surface area contributed by atoms with Gasteiger partial charge in [0.15, 0.2) is 0 Å². The van der Waals surface area contributed by atoms with Crippen LogP contribution in [0.1, 0.15) is 32.1 Å². The molecule has 0 bridgehead atoms. The third-order valence-corrected chi connectivity index (χ3v) is 4.37. The third kappa shape index (κ3) is 2.47. The van der Waals surface area contributed by atoms with Crippen LogP contribution in [0.3, 0.4) is 0 Å². The number of benzene rings is 1. The van der Waals surface area contributed by atoms with Crippen LogP contribution in [0, 0.1) is 5.82 Å². The van der Waals surface area contributed by atoms with Crippen LogP contribution in [0.4, 0.5) is 10.1 Å². The molecule has 1 aliphatic heterocycles. The Hall–Kier alpha value is -1.13. The maximum absolute atomic E-state index is 12.9. The fourth-order valence-electron chi connectivity index (χ4n) is 3.30. The second-order valence-electron chi connectivity index (χ2n) is 5.59. The summed E-state index contributed by atoms with van der Waals surface area (Å²) in [6.07, 6.45) is 4.58. The van der Waals surface area contributed by atoms with E-state index in [2.05, 4.69) is 5.32 Å². The minimum absolute atomic E-state index is 0.0167. The maximum Gasteiger partial charge on any atom is 0.123 e. The fourth-order valence-corrected chi connectivity index (χ4v) is 3.30. The molecule has 0 aromatic heterocycles. The van der Waals surface area contributed by atoms with E-state index in [0.717, 1.165) is 37.8 Å². The van der Waals surface area contributed by atoms with Crippen molar-refractivity contribution in [3.8, 4) is 0 Å². The van der Waals surface area contributed by atoms with Gasteiger partial charge in [0.2, 0.25) is 0 Å². The van der Waals surface area contributed by atoms with E-state index < -0.39 is 5.60 Å². The van der Waals surface area contributed by atoms with E-state index in [4.69, 9.17) is 4.74 Å². The maximum atomic E-state index is 12.9. The summed E-state index contributed by atoms with van der Waals surface area (Å²) in [7, 11) is 0. The third-order valence-electron chi connectivity index (χ3n) is 4.37. The average molecular weight is 265 g/mol. The quantitative estimate of drug-likeness (QED) is 0.864. The Labute approximate surface area is 112 Å². The molecule has 3 atom stereocenters. The summed E-state index contributed by atoms with van der Waals surface area (Å²) in [5, 5.41) is 14.3. The summed E-state index contributed by atoms with van der Waals surface area (Å²) in [4.78, 5) is 0. The first kappa shape index (κ1) is 12.9. The van der Waals surface area contributed by atoms with Gasteiger partial charge in [0.1, 0.15) is 11.4 Å². The molecule has 104 valence electrons. The summed E-state index contributed by atoms with van der Waals surface area (Å²) < 4.78 is 18.6. The van der Waals surface area contributed by atoms with Crippen molar-refractivity contribution in [3.63, 3.8) is 0 Å². The predicted octanol–water partition coefficient (Wildman–Crippen LogP) is 2.70. The van der Waals surface area contributed by atoms with Gasteiger partial charge in [-0.2, -0.15) is 0 Å². The molecular weight excluding hydrogens is 245 g/mol. The van der Waals surface area contributed by atoms with E-state index in [1.165, 1.54) is 12.1 Å². The molecule has 1 heterocycles. The molecule has 1 aromatic carbocycles. The summed E-state index contributed by atoms with van der Waals surface area (Å²) in [5.74, 6) is -0.244. The van der Waals surface area contributed by atoms with Gasteiger partial charge < -0.3 is 15.2 Å². The van der Waals surface area contributed by atoms with Crippen LogP contribution < -0.4 is 5.32 Å². The van der Waals surface area contributed by atoms with Gasteiger partial charge in [-0.25, -0.2) is 4.39 Å². The molecule has 0 amide bonds. The number of hydrogen-bond donors (Lipinski definition) is 2. The first-order valence-corrected chi connectivity index (χ1v) is 7.04. The van der Waals surface area contributed by atoms with Gasteiger partial charge >= 0.3 is 0 Å². The highest BCUT2D eigenvalue weighted by Crippen LogP contribution is 2.38. The summed E-state index contributed by atoms with van der Waals surface area (Å²) in [6, 6.07) is 6.28. The van der Waals surface area contributed by atoms with Crippen molar-refractivity contribution in [3.05, 3.63) is 30.1 Å². The number of rotatable bonds is 2. The Morgan fingerprint density at radius 1 is 1.21 bits per heavy atom. The predicted molar refractivity (Wildman–Crippen MR) is 71.6 cm³/mol. The van der Waals surface area contributed by atoms with Crippen LogP contribution in [0.25, 0.3) is 0 Å². The fraction of sp³-hybridized carbons (Fsp3) is 0.600. The van der Waals surface area contributed by atoms with Gasteiger partial charge in [-0.1, -0.05) is 12.8 Å². The lowest BCUT2D eigenvalue weighted by Crippen LogP contribution is -2.61. The zero-order valence-corrected chi connectivity index (χ0v) is 10.9. The van der Waals surface area contributed by atoms with Gasteiger partial charge in [0.05, 0.1) is 12.1 Å². The molecule has 1 saturated heterocycles. The van der Waals surface area contributed by atoms with Crippen molar-refractivity contribution < 1.29 is 14.2 Å². The van der Waals surface area contributed by atoms with E-state index >= 15 is 0 Å². The Balaban J connectivity index is 1.77. The lowest BCUT2D eigenvalue weighted by atomic mass is 9.74. The minimum Gasteiger partial charge on any atom is -0.385 e. The Kier molecular flexibility index (Phi) is 3.46. The molecule has 2 fully saturated rings. The SMILES string of the molecule is O[C@]12CCCCC1OCCC2Nc1ccc(F)cc1. The number of halogens is 1. The van der Waals surface area contributed by atoms with Gasteiger partial charge in [0.25, 0.3) is 0 Å². The molecule has 2 aliphatic rings. The molecule has 1 aromatic rings. The molecule has 0 spiro atoms. The van der Waals surface area contributed by atoms with E-state index in [9.17, 15) is 9.50 Å². The van der Waals surface area contributed by atoms with Crippen molar-refractivity contribution in [2.45, 2.75) is 49.9 Å². The molecule has 3 nitrogen and oxygen atoms in total. The molecule has 19 heavy (non-hydrogen) atoms. The number of aliphatic hydroxyl groups is 1. The molecule has 2 unspecified atom stereocenters. The summed E-state index contributed by atoms with van der Waals surface area (Å²) in [6.45, 7) is 0.672. The molecule has 3 rings (SSSR count). The monoisotopic (exact) mass is 265 g/mol. The Bertz CT molecular complexity index is 434. The van der Waals surface area contributed by atoms with Crippen LogP contribution in [0.5, 0.6) is 0 Å². The van der Waals surface area contributed by atoms with Crippen LogP contribution in [0.15, 0.2) is 24.3 Å². The molecule has 1 saturated carbocycles. The number of hydrogen-bond acceptors (Lipinski definition) is 3. The van der Waals surface area contributed by atoms with Crippen LogP contribution >= 0.6 is 0 Å². The summed E-state index contributed by atoms with van der Waals surface area (Å²) >= 11 is 0. The zero-order valence-electron chi connectivity index (χ0n) is 10.9. The zero-order chi connectivity index (χ0) is 13.3. The van der Waals surface area contributed by atoms with E-state index in [1.54, 1.807) is 12.1 Å². The number of ether oxygens (including phenoxy) is 1. The smallest absolute Gasteiger partial charge is 0.123 e. The molecule has 1 aliphatic carbocycles. The van der Waals surface area contributed by atoms with Crippen LogP contribution in [0.2, 0.25) is 0 Å². The van der Waals surface area contributed by atoms with Gasteiger partial charge in [-0.15, -0.1) is 0 Å². The van der Waals surface area contributed by atoms with Crippen molar-refractivity contribution >= 4 is 5.69 Å². The first-order valence-electron chi connectivity index (χ1n) is 7.04. The molecule has 0 radical (unpaired) electrons. The van der Waals surface area contributed by atoms with Crippen molar-refractivity contribution in [1.82, 2.24) is 0 Å².